The number of nitrogens with two attached hydrogens (primary N) is 1. The quantitative estimate of drug-likeness (QED) is 0.690. The van der Waals surface area contributed by atoms with Gasteiger partial charge in [-0.1, -0.05) is 29.8 Å². The molecule has 25 heavy (non-hydrogen) atoms. The minimum Gasteiger partial charge on any atom is -0.486 e. The average Bonchev–Trinajstić information content (AvgIpc) is 3.03. The maximum Gasteiger partial charge on any atom is 0.287 e. The summed E-state index contributed by atoms with van der Waals surface area (Å²) in [6.45, 7) is 6.58. The third-order valence-electron chi connectivity index (χ3n) is 4.18. The van der Waals surface area contributed by atoms with E-state index >= 15 is 0 Å². The second kappa shape index (κ2) is 9.27. The minimum atomic E-state index is -0.474. The summed E-state index contributed by atoms with van der Waals surface area (Å²) in [7, 11) is 0. The van der Waals surface area contributed by atoms with Gasteiger partial charge in [-0.25, -0.2) is 0 Å². The van der Waals surface area contributed by atoms with Crippen molar-refractivity contribution in [2.24, 2.45) is 11.7 Å². The Hall–Kier alpha value is -1.50. The van der Waals surface area contributed by atoms with Crippen LogP contribution in [0.3, 0.4) is 0 Å². The molecule has 1 unspecified atom stereocenters. The topological polar surface area (TPSA) is 77.5 Å². The summed E-state index contributed by atoms with van der Waals surface area (Å²) in [5.41, 5.74) is 5.32. The van der Waals surface area contributed by atoms with E-state index in [1.165, 1.54) is 0 Å². The van der Waals surface area contributed by atoms with Gasteiger partial charge < -0.3 is 20.2 Å². The van der Waals surface area contributed by atoms with Crippen LogP contribution in [-0.4, -0.2) is 18.0 Å². The van der Waals surface area contributed by atoms with Crippen LogP contribution in [0.4, 0.5) is 0 Å². The number of carbonyl (C=O) groups is 1. The lowest BCUT2D eigenvalue weighted by molar-refractivity contribution is 0.0850. The van der Waals surface area contributed by atoms with E-state index in [4.69, 9.17) is 14.9 Å². The van der Waals surface area contributed by atoms with E-state index in [-0.39, 0.29) is 36.6 Å². The Labute approximate surface area is 162 Å². The zero-order chi connectivity index (χ0) is 17.7. The highest BCUT2D eigenvalue weighted by atomic mass is 79.9. The molecule has 0 saturated heterocycles. The lowest BCUT2D eigenvalue weighted by atomic mass is 9.88. The number of carbonyl (C=O) groups excluding carboxylic acids is 1. The largest absolute Gasteiger partial charge is 0.486 e. The Kier molecular flexibility index (Phi) is 7.99. The van der Waals surface area contributed by atoms with Crippen LogP contribution < -0.4 is 15.8 Å². The van der Waals surface area contributed by atoms with Crippen molar-refractivity contribution in [3.05, 3.63) is 52.4 Å². The molecule has 0 aliphatic heterocycles. The number of halogens is 2. The van der Waals surface area contributed by atoms with Gasteiger partial charge in [0.05, 0.1) is 5.54 Å². The summed E-state index contributed by atoms with van der Waals surface area (Å²) in [5, 5.41) is 2.95. The van der Waals surface area contributed by atoms with Crippen molar-refractivity contribution in [1.82, 2.24) is 5.32 Å². The van der Waals surface area contributed by atoms with E-state index in [1.807, 2.05) is 45.0 Å². The molecule has 3 N–H and O–H groups in total. The molecule has 1 atom stereocenters. The van der Waals surface area contributed by atoms with Gasteiger partial charge in [-0.2, -0.15) is 0 Å². The Bertz CT molecular complexity index is 688. The predicted octanol–water partition coefficient (Wildman–Crippen LogP) is 4.15. The van der Waals surface area contributed by atoms with Crippen LogP contribution in [0.5, 0.6) is 5.75 Å². The molecule has 1 aromatic heterocycles. The summed E-state index contributed by atoms with van der Waals surface area (Å²) in [5.74, 6) is 1.51. The fourth-order valence-electron chi connectivity index (χ4n) is 2.01. The fourth-order valence-corrected chi connectivity index (χ4v) is 2.28. The molecule has 0 spiro atoms. The Morgan fingerprint density at radius 3 is 2.48 bits per heavy atom. The molecule has 1 amide bonds. The van der Waals surface area contributed by atoms with Crippen molar-refractivity contribution in [2.75, 3.05) is 6.54 Å². The van der Waals surface area contributed by atoms with Gasteiger partial charge in [0.15, 0.2) is 5.76 Å². The van der Waals surface area contributed by atoms with Crippen LogP contribution in [-0.2, 0) is 6.61 Å². The standard InChI is InChI=1S/C18H23BrN2O3.ClH/c1-12(2)18(3,11-20)21-17(22)16-9-8-15(24-16)10-23-14-6-4-13(19)5-7-14;/h4-9,12H,10-11,20H2,1-3H3,(H,21,22);1H. The highest BCUT2D eigenvalue weighted by molar-refractivity contribution is 9.10. The molecular formula is C18H24BrClN2O3. The number of ether oxygens (including phenoxy) is 1. The molecule has 1 aromatic carbocycles. The molecule has 0 bridgehead atoms. The molecule has 138 valence electrons. The van der Waals surface area contributed by atoms with Gasteiger partial charge in [-0.15, -0.1) is 12.4 Å². The molecule has 0 aliphatic rings. The predicted molar refractivity (Wildman–Crippen MR) is 104 cm³/mol. The van der Waals surface area contributed by atoms with Gasteiger partial charge in [0.1, 0.15) is 18.1 Å². The number of furan rings is 1. The van der Waals surface area contributed by atoms with Crippen LogP contribution >= 0.6 is 28.3 Å². The van der Waals surface area contributed by atoms with E-state index in [2.05, 4.69) is 21.2 Å². The maximum atomic E-state index is 12.3. The van der Waals surface area contributed by atoms with Gasteiger partial charge in [-0.05, 0) is 49.2 Å². The molecule has 0 saturated carbocycles. The zero-order valence-corrected chi connectivity index (χ0v) is 16.9. The molecule has 0 fully saturated rings. The first-order valence-corrected chi connectivity index (χ1v) is 8.63. The lowest BCUT2D eigenvalue weighted by Gasteiger charge is -2.33. The molecule has 2 rings (SSSR count). The van der Waals surface area contributed by atoms with Crippen LogP contribution in [0.1, 0.15) is 37.1 Å². The van der Waals surface area contributed by atoms with E-state index < -0.39 is 5.54 Å². The minimum absolute atomic E-state index is 0. The monoisotopic (exact) mass is 430 g/mol. The number of rotatable bonds is 7. The second-order valence-corrected chi connectivity index (χ2v) is 7.15. The molecule has 2 aromatic rings. The first-order valence-electron chi connectivity index (χ1n) is 7.83. The van der Waals surface area contributed by atoms with Crippen molar-refractivity contribution >= 4 is 34.2 Å². The van der Waals surface area contributed by atoms with Crippen molar-refractivity contribution in [3.8, 4) is 5.75 Å². The Morgan fingerprint density at radius 2 is 1.92 bits per heavy atom. The van der Waals surface area contributed by atoms with Crippen molar-refractivity contribution in [2.45, 2.75) is 32.9 Å². The zero-order valence-electron chi connectivity index (χ0n) is 14.5. The molecule has 5 nitrogen and oxygen atoms in total. The molecule has 0 aliphatic carbocycles. The van der Waals surface area contributed by atoms with Crippen molar-refractivity contribution in [1.29, 1.82) is 0 Å². The molecular weight excluding hydrogens is 408 g/mol. The van der Waals surface area contributed by atoms with Gasteiger partial charge in [0, 0.05) is 11.0 Å². The number of nitrogens with one attached hydrogen (secondary N) is 1. The van der Waals surface area contributed by atoms with E-state index in [1.54, 1.807) is 12.1 Å². The highest BCUT2D eigenvalue weighted by Gasteiger charge is 2.29. The van der Waals surface area contributed by atoms with E-state index in [0.29, 0.717) is 12.3 Å². The second-order valence-electron chi connectivity index (χ2n) is 6.24. The number of hydrogen-bond acceptors (Lipinski definition) is 4. The Morgan fingerprint density at radius 1 is 1.28 bits per heavy atom. The fraction of sp³-hybridized carbons (Fsp3) is 0.389. The van der Waals surface area contributed by atoms with Gasteiger partial charge >= 0.3 is 0 Å². The first-order chi connectivity index (χ1) is 11.3. The van der Waals surface area contributed by atoms with Crippen LogP contribution in [0, 0.1) is 5.92 Å². The first kappa shape index (κ1) is 21.5. The highest BCUT2D eigenvalue weighted by Crippen LogP contribution is 2.19. The summed E-state index contributed by atoms with van der Waals surface area (Å²) in [6.07, 6.45) is 0. The van der Waals surface area contributed by atoms with Crippen LogP contribution in [0.15, 0.2) is 45.3 Å². The number of benzene rings is 1. The normalized spacial score (nSPS) is 13.0. The van der Waals surface area contributed by atoms with Gasteiger partial charge in [0.2, 0.25) is 0 Å². The van der Waals surface area contributed by atoms with Gasteiger partial charge in [0.25, 0.3) is 5.91 Å². The van der Waals surface area contributed by atoms with Crippen molar-refractivity contribution < 1.29 is 13.9 Å². The number of hydrogen-bond donors (Lipinski definition) is 2. The smallest absolute Gasteiger partial charge is 0.287 e. The molecule has 1 heterocycles. The maximum absolute atomic E-state index is 12.3. The summed E-state index contributed by atoms with van der Waals surface area (Å²) in [6, 6.07) is 10.9. The number of amides is 1. The van der Waals surface area contributed by atoms with Crippen molar-refractivity contribution in [3.63, 3.8) is 0 Å². The van der Waals surface area contributed by atoms with Crippen LogP contribution in [0.2, 0.25) is 0 Å². The summed E-state index contributed by atoms with van der Waals surface area (Å²) >= 11 is 3.37. The summed E-state index contributed by atoms with van der Waals surface area (Å²) < 4.78 is 12.2. The molecule has 0 radical (unpaired) electrons. The third kappa shape index (κ3) is 5.76. The van der Waals surface area contributed by atoms with Crippen LogP contribution in [0.25, 0.3) is 0 Å². The SMILES string of the molecule is CC(C)C(C)(CN)NC(=O)c1ccc(COc2ccc(Br)cc2)o1.Cl. The van der Waals surface area contributed by atoms with E-state index in [9.17, 15) is 4.79 Å². The molecule has 7 heteroatoms. The van der Waals surface area contributed by atoms with Gasteiger partial charge in [-0.3, -0.25) is 4.79 Å². The van der Waals surface area contributed by atoms with E-state index in [0.717, 1.165) is 10.2 Å². The summed E-state index contributed by atoms with van der Waals surface area (Å²) in [4.78, 5) is 12.3. The lowest BCUT2D eigenvalue weighted by Crippen LogP contribution is -2.54. The third-order valence-corrected chi connectivity index (χ3v) is 4.71. The Balaban J connectivity index is 0.00000312. The average molecular weight is 432 g/mol.